The van der Waals surface area contributed by atoms with Crippen molar-refractivity contribution in [2.45, 2.75) is 69.7 Å². The van der Waals surface area contributed by atoms with Gasteiger partial charge in [0.2, 0.25) is 5.89 Å². The number of aromatic nitrogens is 1. The van der Waals surface area contributed by atoms with E-state index in [4.69, 9.17) is 10.2 Å². The smallest absolute Gasteiger partial charge is 0.267 e. The summed E-state index contributed by atoms with van der Waals surface area (Å²) in [4.78, 5) is 61.7. The highest BCUT2D eigenvalue weighted by atomic mass is 32.2. The summed E-state index contributed by atoms with van der Waals surface area (Å²) >= 11 is 0. The molecule has 0 bridgehead atoms. The average molecular weight is 704 g/mol. The predicted octanol–water partition coefficient (Wildman–Crippen LogP) is 3.65. The zero-order valence-corrected chi connectivity index (χ0v) is 29.0. The van der Waals surface area contributed by atoms with Gasteiger partial charge in [0.15, 0.2) is 5.58 Å². The summed E-state index contributed by atoms with van der Waals surface area (Å²) in [7, 11) is -4.16. The lowest BCUT2D eigenvalue weighted by Crippen LogP contribution is -2.58. The molecular formula is C36H41N5O8S. The van der Waals surface area contributed by atoms with Gasteiger partial charge in [0.05, 0.1) is 17.0 Å². The van der Waals surface area contributed by atoms with Crippen LogP contribution in [0.3, 0.4) is 0 Å². The fraction of sp³-hybridized carbons (Fsp3) is 0.361. The summed E-state index contributed by atoms with van der Waals surface area (Å²) in [6.07, 6.45) is -0.356. The van der Waals surface area contributed by atoms with Crippen LogP contribution in [0.15, 0.2) is 88.2 Å². The molecule has 0 radical (unpaired) electrons. The molecule has 4 amide bonds. The van der Waals surface area contributed by atoms with Crippen LogP contribution in [0.25, 0.3) is 11.1 Å². The maximum absolute atomic E-state index is 14.4. The third-order valence-corrected chi connectivity index (χ3v) is 10.2. The van der Waals surface area contributed by atoms with Crippen molar-refractivity contribution in [3.63, 3.8) is 0 Å². The molecule has 5 rings (SSSR count). The average Bonchev–Trinajstić information content (AvgIpc) is 3.76. The first kappa shape index (κ1) is 36.5. The number of aliphatic hydroxyl groups excluding tert-OH is 1. The summed E-state index contributed by atoms with van der Waals surface area (Å²) in [6.45, 7) is 7.57. The zero-order valence-electron chi connectivity index (χ0n) is 28.2. The number of nitrogens with two attached hydrogens (primary N) is 1. The van der Waals surface area contributed by atoms with Crippen molar-refractivity contribution in [2.24, 2.45) is 17.6 Å². The molecule has 0 saturated carbocycles. The third-order valence-electron chi connectivity index (χ3n) is 8.85. The van der Waals surface area contributed by atoms with Crippen molar-refractivity contribution in [2.75, 3.05) is 6.54 Å². The molecule has 50 heavy (non-hydrogen) atoms. The van der Waals surface area contributed by atoms with Gasteiger partial charge in [-0.25, -0.2) is 23.0 Å². The van der Waals surface area contributed by atoms with Crippen LogP contribution in [-0.4, -0.2) is 76.6 Å². The van der Waals surface area contributed by atoms with Crippen LogP contribution in [0.5, 0.6) is 0 Å². The molecule has 4 N–H and O–H groups in total. The molecule has 1 unspecified atom stereocenters. The fourth-order valence-electron chi connectivity index (χ4n) is 6.13. The number of sulfonamides is 1. The number of carbonyl (C=O) groups is 4. The highest BCUT2D eigenvalue weighted by Crippen LogP contribution is 2.34. The molecule has 1 aliphatic rings. The number of fused-ring (bicyclic) bond motifs is 1. The Morgan fingerprint density at radius 2 is 1.54 bits per heavy atom. The largest absolute Gasteiger partial charge is 0.438 e. The monoisotopic (exact) mass is 703 g/mol. The maximum Gasteiger partial charge on any atom is 0.267 e. The van der Waals surface area contributed by atoms with E-state index in [9.17, 15) is 32.7 Å². The van der Waals surface area contributed by atoms with Crippen LogP contribution >= 0.6 is 0 Å². The minimum absolute atomic E-state index is 0.0703. The highest BCUT2D eigenvalue weighted by Gasteiger charge is 2.46. The Morgan fingerprint density at radius 1 is 0.920 bits per heavy atom. The van der Waals surface area contributed by atoms with E-state index < -0.39 is 63.8 Å². The van der Waals surface area contributed by atoms with E-state index in [-0.39, 0.29) is 27.8 Å². The molecule has 2 heterocycles. The van der Waals surface area contributed by atoms with Crippen LogP contribution < -0.4 is 10.5 Å². The van der Waals surface area contributed by atoms with Crippen molar-refractivity contribution in [1.29, 1.82) is 0 Å². The lowest BCUT2D eigenvalue weighted by Gasteiger charge is -2.38. The second-order valence-corrected chi connectivity index (χ2v) is 14.7. The lowest BCUT2D eigenvalue weighted by atomic mass is 9.95. The molecule has 0 spiro atoms. The van der Waals surface area contributed by atoms with E-state index in [2.05, 4.69) is 4.98 Å². The van der Waals surface area contributed by atoms with Crippen LogP contribution in [0, 0.1) is 11.8 Å². The molecule has 14 heteroatoms. The van der Waals surface area contributed by atoms with Gasteiger partial charge in [0.25, 0.3) is 33.7 Å². The molecule has 1 aliphatic heterocycles. The van der Waals surface area contributed by atoms with Gasteiger partial charge in [0.1, 0.15) is 11.6 Å². The molecule has 4 aromatic rings. The van der Waals surface area contributed by atoms with Gasteiger partial charge in [-0.05, 0) is 79.8 Å². The van der Waals surface area contributed by atoms with Gasteiger partial charge in [0, 0.05) is 17.2 Å². The summed E-state index contributed by atoms with van der Waals surface area (Å²) < 4.78 is 33.1. The fourth-order valence-corrected chi connectivity index (χ4v) is 7.12. The number of hydrogen-bond acceptors (Lipinski definition) is 11. The van der Waals surface area contributed by atoms with E-state index in [1.54, 1.807) is 49.1 Å². The SMILES string of the molecule is CC(C)[C@@H](C(O)c1nc2ccccc2o1)N1CCC[C@H]1C(=O)N(C(=O)c1ccc(C(=O)NS(=O)(=O)c2ccccc2)cc1)C(=O)[C@@H](N)C(C)C. The second kappa shape index (κ2) is 15.0. The van der Waals surface area contributed by atoms with Crippen molar-refractivity contribution in [3.8, 4) is 0 Å². The Hall–Kier alpha value is -4.76. The van der Waals surface area contributed by atoms with E-state index >= 15 is 0 Å². The number of oxazole rings is 1. The summed E-state index contributed by atoms with van der Waals surface area (Å²) in [6, 6.07) is 16.6. The Kier molecular flexibility index (Phi) is 11.0. The zero-order chi connectivity index (χ0) is 36.3. The van der Waals surface area contributed by atoms with Crippen molar-refractivity contribution < 1.29 is 37.1 Å². The molecule has 13 nitrogen and oxygen atoms in total. The third kappa shape index (κ3) is 7.53. The molecule has 264 valence electrons. The number of hydrogen-bond donors (Lipinski definition) is 3. The maximum atomic E-state index is 14.4. The van der Waals surface area contributed by atoms with Gasteiger partial charge in [-0.1, -0.05) is 58.0 Å². The van der Waals surface area contributed by atoms with Crippen LogP contribution in [0.2, 0.25) is 0 Å². The number of nitrogens with one attached hydrogen (secondary N) is 1. The van der Waals surface area contributed by atoms with E-state index in [1.165, 1.54) is 48.5 Å². The molecule has 3 aromatic carbocycles. The van der Waals surface area contributed by atoms with E-state index in [1.807, 2.05) is 18.6 Å². The number of amides is 4. The number of imide groups is 3. The van der Waals surface area contributed by atoms with Crippen molar-refractivity contribution in [1.82, 2.24) is 19.5 Å². The topological polar surface area (TPSA) is 193 Å². The first-order valence-electron chi connectivity index (χ1n) is 16.4. The highest BCUT2D eigenvalue weighted by molar-refractivity contribution is 7.90. The lowest BCUT2D eigenvalue weighted by molar-refractivity contribution is -0.146. The van der Waals surface area contributed by atoms with Gasteiger partial charge in [-0.15, -0.1) is 0 Å². The van der Waals surface area contributed by atoms with Gasteiger partial charge in [-0.2, -0.15) is 0 Å². The number of likely N-dealkylation sites (tertiary alicyclic amines) is 1. The Morgan fingerprint density at radius 3 is 2.16 bits per heavy atom. The normalized spacial score (nSPS) is 17.1. The van der Waals surface area contributed by atoms with Gasteiger partial charge >= 0.3 is 0 Å². The van der Waals surface area contributed by atoms with Gasteiger partial charge < -0.3 is 15.3 Å². The van der Waals surface area contributed by atoms with Gasteiger partial charge in [-0.3, -0.25) is 24.1 Å². The van der Waals surface area contributed by atoms with Crippen LogP contribution in [0.4, 0.5) is 0 Å². The van der Waals surface area contributed by atoms with E-state index in [0.29, 0.717) is 35.4 Å². The minimum Gasteiger partial charge on any atom is -0.438 e. The quantitative estimate of drug-likeness (QED) is 0.193. The molecule has 1 saturated heterocycles. The molecular weight excluding hydrogens is 662 g/mol. The number of benzene rings is 3. The Balaban J connectivity index is 1.41. The van der Waals surface area contributed by atoms with Crippen LogP contribution in [0.1, 0.15) is 73.2 Å². The first-order valence-corrected chi connectivity index (χ1v) is 17.9. The predicted molar refractivity (Wildman–Crippen MR) is 184 cm³/mol. The van der Waals surface area contributed by atoms with Crippen molar-refractivity contribution >= 4 is 44.8 Å². The number of nitrogens with zero attached hydrogens (tertiary/aromatic N) is 3. The summed E-state index contributed by atoms with van der Waals surface area (Å²) in [5.74, 6) is -4.08. The summed E-state index contributed by atoms with van der Waals surface area (Å²) in [5.41, 5.74) is 7.12. The Bertz CT molecular complexity index is 1950. The molecule has 0 aliphatic carbocycles. The Labute approximate surface area is 290 Å². The van der Waals surface area contributed by atoms with E-state index in [0.717, 1.165) is 0 Å². The van der Waals surface area contributed by atoms with Crippen molar-refractivity contribution in [3.05, 3.63) is 95.9 Å². The molecule has 4 atom stereocenters. The van der Waals surface area contributed by atoms with Crippen LogP contribution in [-0.2, 0) is 19.6 Å². The number of para-hydroxylation sites is 2. The standard InChI is InChI=1S/C36H41N5O8S/c1-21(2)29(37)36(46)41(34(44)24-18-16-23(17-19-24)32(43)39-50(47,48)25-11-6-5-7-12-25)35(45)27-14-10-20-40(27)30(22(3)4)31(42)33-38-26-13-8-9-15-28(26)49-33/h5-9,11-13,15-19,21-22,27,29-31,42H,10,14,20,37H2,1-4H3,(H,39,43)/t27-,29-,30-,31?/m0/s1. The second-order valence-electron chi connectivity index (χ2n) is 13.0. The molecule has 1 aromatic heterocycles. The number of aliphatic hydroxyl groups is 1. The number of carbonyl (C=O) groups excluding carboxylic acids is 4. The minimum atomic E-state index is -4.16. The summed E-state index contributed by atoms with van der Waals surface area (Å²) in [5, 5.41) is 11.6. The number of rotatable bonds is 11. The first-order chi connectivity index (χ1) is 23.7. The molecule has 1 fully saturated rings.